The van der Waals surface area contributed by atoms with Crippen LogP contribution in [0.1, 0.15) is 25.7 Å². The van der Waals surface area contributed by atoms with E-state index in [-0.39, 0.29) is 47.0 Å². The molecule has 6 nitrogen and oxygen atoms in total. The van der Waals surface area contributed by atoms with Gasteiger partial charge >= 0.3 is 5.97 Å². The number of halogens is 1. The molecule has 5 atom stereocenters. The highest BCUT2D eigenvalue weighted by Crippen LogP contribution is 2.49. The van der Waals surface area contributed by atoms with E-state index in [4.69, 9.17) is 4.74 Å². The molecule has 0 aromatic heterocycles. The summed E-state index contributed by atoms with van der Waals surface area (Å²) in [6.45, 7) is -0.178. The van der Waals surface area contributed by atoms with Crippen molar-refractivity contribution in [3.63, 3.8) is 0 Å². The van der Waals surface area contributed by atoms with Crippen LogP contribution in [-0.4, -0.2) is 51.3 Å². The summed E-state index contributed by atoms with van der Waals surface area (Å²) in [6.07, 6.45) is 4.09. The standard InChI is InChI=1S/C15H21IO6/c1-21-13(19)4-2-3-11(16)14(20)15-7-12(18)9(8-17)10(15)5-6-22-15/h5-6,9-12,17-18H,2-4,7-8H2,1H3. The highest BCUT2D eigenvalue weighted by atomic mass is 127. The quantitative estimate of drug-likeness (QED) is 0.360. The van der Waals surface area contributed by atoms with Crippen molar-refractivity contribution in [3.8, 4) is 0 Å². The lowest BCUT2D eigenvalue weighted by atomic mass is 9.82. The third kappa shape index (κ3) is 3.16. The van der Waals surface area contributed by atoms with Crippen molar-refractivity contribution in [1.82, 2.24) is 0 Å². The van der Waals surface area contributed by atoms with Crippen LogP contribution in [-0.2, 0) is 19.1 Å². The molecule has 0 aromatic carbocycles. The minimum absolute atomic E-state index is 0.0806. The van der Waals surface area contributed by atoms with Gasteiger partial charge in [-0.15, -0.1) is 0 Å². The minimum atomic E-state index is -1.07. The highest BCUT2D eigenvalue weighted by molar-refractivity contribution is 14.1. The van der Waals surface area contributed by atoms with Crippen LogP contribution in [0.4, 0.5) is 0 Å². The van der Waals surface area contributed by atoms with E-state index in [0.29, 0.717) is 12.8 Å². The summed E-state index contributed by atoms with van der Waals surface area (Å²) in [5, 5.41) is 19.5. The van der Waals surface area contributed by atoms with Gasteiger partial charge in [0.25, 0.3) is 0 Å². The molecule has 2 aliphatic rings. The predicted octanol–water partition coefficient (Wildman–Crippen LogP) is 0.974. The van der Waals surface area contributed by atoms with Crippen molar-refractivity contribution in [2.24, 2.45) is 11.8 Å². The van der Waals surface area contributed by atoms with Crippen molar-refractivity contribution in [1.29, 1.82) is 0 Å². The maximum atomic E-state index is 12.8. The zero-order valence-corrected chi connectivity index (χ0v) is 14.6. The number of hydrogen-bond acceptors (Lipinski definition) is 6. The topological polar surface area (TPSA) is 93.1 Å². The molecule has 1 aliphatic heterocycles. The molecular formula is C15H21IO6. The third-order valence-corrected chi connectivity index (χ3v) is 5.74. The number of methoxy groups -OCH3 is 1. The van der Waals surface area contributed by atoms with Gasteiger partial charge in [-0.05, 0) is 18.9 Å². The maximum absolute atomic E-state index is 12.8. The van der Waals surface area contributed by atoms with E-state index >= 15 is 0 Å². The van der Waals surface area contributed by atoms with Crippen LogP contribution in [0.2, 0.25) is 0 Å². The van der Waals surface area contributed by atoms with Gasteiger partial charge in [-0.25, -0.2) is 0 Å². The van der Waals surface area contributed by atoms with E-state index in [1.54, 1.807) is 6.08 Å². The van der Waals surface area contributed by atoms with E-state index in [0.717, 1.165) is 0 Å². The normalized spacial score (nSPS) is 34.1. The lowest BCUT2D eigenvalue weighted by molar-refractivity contribution is -0.141. The van der Waals surface area contributed by atoms with Crippen LogP contribution in [0, 0.1) is 11.8 Å². The van der Waals surface area contributed by atoms with Crippen molar-refractivity contribution >= 4 is 34.3 Å². The van der Waals surface area contributed by atoms with E-state index in [1.165, 1.54) is 13.4 Å². The van der Waals surface area contributed by atoms with Gasteiger partial charge in [0, 0.05) is 31.3 Å². The largest absolute Gasteiger partial charge is 0.487 e. The first-order chi connectivity index (χ1) is 10.5. The van der Waals surface area contributed by atoms with Gasteiger partial charge in [-0.3, -0.25) is 9.59 Å². The molecule has 0 aromatic rings. The molecule has 124 valence electrons. The highest BCUT2D eigenvalue weighted by Gasteiger charge is 2.60. The van der Waals surface area contributed by atoms with E-state index in [9.17, 15) is 19.8 Å². The van der Waals surface area contributed by atoms with Crippen molar-refractivity contribution in [3.05, 3.63) is 12.3 Å². The Labute approximate surface area is 143 Å². The molecular weight excluding hydrogens is 403 g/mol. The second kappa shape index (κ2) is 7.27. The molecule has 0 saturated heterocycles. The number of rotatable bonds is 7. The summed E-state index contributed by atoms with van der Waals surface area (Å²) in [5.41, 5.74) is -1.07. The number of carbonyl (C=O) groups excluding carboxylic acids is 2. The van der Waals surface area contributed by atoms with Crippen LogP contribution in [0.25, 0.3) is 0 Å². The smallest absolute Gasteiger partial charge is 0.305 e. The number of esters is 1. The molecule has 7 heteroatoms. The number of Topliss-reactive ketones (excluding diaryl/α,β-unsaturated/α-hetero) is 1. The Bertz CT molecular complexity index is 465. The molecule has 2 rings (SSSR count). The number of hydrogen-bond donors (Lipinski definition) is 2. The minimum Gasteiger partial charge on any atom is -0.487 e. The molecule has 2 N–H and O–H groups in total. The van der Waals surface area contributed by atoms with Crippen molar-refractivity contribution in [2.45, 2.75) is 41.3 Å². The second-order valence-corrected chi connectivity index (χ2v) is 7.28. The monoisotopic (exact) mass is 424 g/mol. The van der Waals surface area contributed by atoms with Gasteiger partial charge in [0.05, 0.1) is 23.4 Å². The average Bonchev–Trinajstić information content (AvgIpc) is 3.01. The van der Waals surface area contributed by atoms with Gasteiger partial charge in [-0.1, -0.05) is 22.6 Å². The molecule has 5 unspecified atom stereocenters. The maximum Gasteiger partial charge on any atom is 0.305 e. The summed E-state index contributed by atoms with van der Waals surface area (Å²) in [7, 11) is 1.34. The molecule has 1 saturated carbocycles. The number of carbonyl (C=O) groups is 2. The van der Waals surface area contributed by atoms with Crippen molar-refractivity contribution in [2.75, 3.05) is 13.7 Å². The van der Waals surface area contributed by atoms with Gasteiger partial charge in [0.15, 0.2) is 11.4 Å². The van der Waals surface area contributed by atoms with Crippen LogP contribution < -0.4 is 0 Å². The number of alkyl halides is 1. The average molecular weight is 424 g/mol. The number of fused-ring (bicyclic) bond motifs is 1. The molecule has 1 heterocycles. The predicted molar refractivity (Wildman–Crippen MR) is 86.3 cm³/mol. The number of aliphatic hydroxyl groups excluding tert-OH is 2. The summed E-state index contributed by atoms with van der Waals surface area (Å²) >= 11 is 2.06. The lowest BCUT2D eigenvalue weighted by Gasteiger charge is -2.30. The number of ketones is 1. The molecule has 1 fully saturated rings. The molecule has 22 heavy (non-hydrogen) atoms. The first-order valence-corrected chi connectivity index (χ1v) is 8.59. The zero-order valence-electron chi connectivity index (χ0n) is 12.4. The fourth-order valence-corrected chi connectivity index (χ4v) is 4.30. The number of ether oxygens (including phenoxy) is 2. The summed E-state index contributed by atoms with van der Waals surface area (Å²) in [6, 6.07) is 0. The SMILES string of the molecule is COC(=O)CCCC(I)C(=O)C12CC(O)C(CO)C1C=CO2. The Balaban J connectivity index is 2.00. The zero-order chi connectivity index (χ0) is 16.3. The molecule has 0 radical (unpaired) electrons. The summed E-state index contributed by atoms with van der Waals surface area (Å²) in [4.78, 5) is 23.9. The Morgan fingerprint density at radius 2 is 2.27 bits per heavy atom. The Kier molecular flexibility index (Phi) is 5.84. The molecule has 0 amide bonds. The van der Waals surface area contributed by atoms with E-state index < -0.39 is 11.7 Å². The molecule has 0 spiro atoms. The summed E-state index contributed by atoms with van der Waals surface area (Å²) in [5.74, 6) is -1.04. The van der Waals surface area contributed by atoms with Crippen LogP contribution in [0.5, 0.6) is 0 Å². The van der Waals surface area contributed by atoms with Gasteiger partial charge in [-0.2, -0.15) is 0 Å². The molecule has 0 bridgehead atoms. The molecule has 1 aliphatic carbocycles. The first kappa shape index (κ1) is 17.7. The Morgan fingerprint density at radius 1 is 1.55 bits per heavy atom. The van der Waals surface area contributed by atoms with E-state index in [2.05, 4.69) is 27.3 Å². The number of aliphatic hydroxyl groups is 2. The Morgan fingerprint density at radius 3 is 2.91 bits per heavy atom. The fourth-order valence-electron chi connectivity index (χ4n) is 3.34. The van der Waals surface area contributed by atoms with Crippen molar-refractivity contribution < 1.29 is 29.3 Å². The fraction of sp³-hybridized carbons (Fsp3) is 0.733. The first-order valence-electron chi connectivity index (χ1n) is 7.35. The Hall–Kier alpha value is -0.670. The van der Waals surface area contributed by atoms with Crippen LogP contribution in [0.15, 0.2) is 12.3 Å². The lowest BCUT2D eigenvalue weighted by Crippen LogP contribution is -2.46. The van der Waals surface area contributed by atoms with Crippen LogP contribution >= 0.6 is 22.6 Å². The summed E-state index contributed by atoms with van der Waals surface area (Å²) < 4.78 is 9.87. The van der Waals surface area contributed by atoms with Gasteiger partial charge in [0.2, 0.25) is 0 Å². The third-order valence-electron chi connectivity index (χ3n) is 4.55. The van der Waals surface area contributed by atoms with Gasteiger partial charge < -0.3 is 19.7 Å². The van der Waals surface area contributed by atoms with E-state index in [1.807, 2.05) is 0 Å². The van der Waals surface area contributed by atoms with Crippen LogP contribution in [0.3, 0.4) is 0 Å². The van der Waals surface area contributed by atoms with Gasteiger partial charge in [0.1, 0.15) is 0 Å². The second-order valence-electron chi connectivity index (χ2n) is 5.78.